The molecule has 534 valence electrons. The van der Waals surface area contributed by atoms with E-state index in [4.69, 9.17) is 18.9 Å². The van der Waals surface area contributed by atoms with Crippen LogP contribution in [0.5, 0.6) is 0 Å². The minimum Gasteiger partial charge on any atom is -0.394 e. The number of allylic oxidation sites excluding steroid dienone is 25. The van der Waals surface area contributed by atoms with Gasteiger partial charge >= 0.3 is 0 Å². The number of carbonyl (C=O) groups excluding carboxylic acids is 1. The number of aliphatic hydroxyl groups is 8. The minimum atomic E-state index is -1.80. The molecule has 0 aliphatic carbocycles. The third-order valence-electron chi connectivity index (χ3n) is 16.7. The molecule has 0 aromatic carbocycles. The smallest absolute Gasteiger partial charge is 0.220 e. The Morgan fingerprint density at radius 3 is 1.17 bits per heavy atom. The number of hydrogen-bond acceptors (Lipinski definition) is 13. The zero-order valence-corrected chi connectivity index (χ0v) is 58.1. The number of rotatable bonds is 58. The van der Waals surface area contributed by atoms with E-state index in [2.05, 4.69) is 165 Å². The van der Waals surface area contributed by atoms with Crippen molar-refractivity contribution in [2.75, 3.05) is 19.8 Å². The zero-order valence-electron chi connectivity index (χ0n) is 58.1. The van der Waals surface area contributed by atoms with Crippen molar-refractivity contribution in [1.29, 1.82) is 0 Å². The van der Waals surface area contributed by atoms with Crippen LogP contribution in [0.2, 0.25) is 0 Å². The zero-order chi connectivity index (χ0) is 68.0. The summed E-state index contributed by atoms with van der Waals surface area (Å²) in [6.45, 7) is 2.65. The van der Waals surface area contributed by atoms with Gasteiger partial charge in [-0.3, -0.25) is 4.79 Å². The summed E-state index contributed by atoms with van der Waals surface area (Å²) in [6, 6.07) is -0.955. The maximum Gasteiger partial charge on any atom is 0.220 e. The fourth-order valence-corrected chi connectivity index (χ4v) is 10.9. The van der Waals surface area contributed by atoms with Gasteiger partial charge < -0.3 is 65.1 Å². The molecule has 2 fully saturated rings. The van der Waals surface area contributed by atoms with Gasteiger partial charge in [0.25, 0.3) is 0 Å². The molecule has 0 aromatic rings. The maximum atomic E-state index is 13.3. The summed E-state index contributed by atoms with van der Waals surface area (Å²) in [5.41, 5.74) is 0. The van der Waals surface area contributed by atoms with Crippen molar-refractivity contribution < 1.29 is 64.6 Å². The Morgan fingerprint density at radius 2 is 0.745 bits per heavy atom. The van der Waals surface area contributed by atoms with Crippen molar-refractivity contribution in [2.45, 2.75) is 319 Å². The molecule has 94 heavy (non-hydrogen) atoms. The van der Waals surface area contributed by atoms with Crippen molar-refractivity contribution in [1.82, 2.24) is 5.32 Å². The highest BCUT2D eigenvalue weighted by molar-refractivity contribution is 5.76. The Bertz CT molecular complexity index is 2190. The van der Waals surface area contributed by atoms with Gasteiger partial charge in [0, 0.05) is 6.42 Å². The van der Waals surface area contributed by atoms with Crippen molar-refractivity contribution in [3.8, 4) is 0 Å². The molecule has 2 saturated heterocycles. The summed E-state index contributed by atoms with van der Waals surface area (Å²) < 4.78 is 22.8. The highest BCUT2D eigenvalue weighted by Gasteiger charge is 2.51. The van der Waals surface area contributed by atoms with Gasteiger partial charge in [-0.1, -0.05) is 281 Å². The van der Waals surface area contributed by atoms with Gasteiger partial charge in [0.15, 0.2) is 12.6 Å². The van der Waals surface area contributed by atoms with Crippen LogP contribution >= 0.6 is 0 Å². The lowest BCUT2D eigenvalue weighted by Gasteiger charge is -2.46. The largest absolute Gasteiger partial charge is 0.394 e. The van der Waals surface area contributed by atoms with Crippen molar-refractivity contribution in [3.05, 3.63) is 158 Å². The summed E-state index contributed by atoms with van der Waals surface area (Å²) in [5, 5.41) is 87.4. The molecule has 0 spiro atoms. The number of amides is 1. The molecule has 0 radical (unpaired) electrons. The van der Waals surface area contributed by atoms with Crippen LogP contribution in [0, 0.1) is 0 Å². The molecule has 2 rings (SSSR count). The molecule has 0 bridgehead atoms. The highest BCUT2D eigenvalue weighted by Crippen LogP contribution is 2.30. The van der Waals surface area contributed by atoms with Gasteiger partial charge in [-0.15, -0.1) is 0 Å². The van der Waals surface area contributed by atoms with E-state index in [0.717, 1.165) is 116 Å². The van der Waals surface area contributed by atoms with Crippen molar-refractivity contribution in [3.63, 3.8) is 0 Å². The van der Waals surface area contributed by atoms with Gasteiger partial charge in [-0.25, -0.2) is 0 Å². The van der Waals surface area contributed by atoms with Crippen LogP contribution in [0.25, 0.3) is 0 Å². The summed E-state index contributed by atoms with van der Waals surface area (Å²) in [6.07, 6.45) is 78.7. The number of aliphatic hydroxyl groups excluding tert-OH is 8. The van der Waals surface area contributed by atoms with E-state index in [1.165, 1.54) is 96.3 Å². The molecular weight excluding hydrogens is 1180 g/mol. The van der Waals surface area contributed by atoms with E-state index in [1.54, 1.807) is 6.08 Å². The first-order valence-electron chi connectivity index (χ1n) is 36.7. The Labute approximate surface area is 569 Å². The molecular formula is C80H131NO13. The third kappa shape index (κ3) is 45.2. The Morgan fingerprint density at radius 1 is 0.394 bits per heavy atom. The molecule has 2 aliphatic rings. The number of ether oxygens (including phenoxy) is 4. The van der Waals surface area contributed by atoms with Gasteiger partial charge in [-0.2, -0.15) is 0 Å². The van der Waals surface area contributed by atoms with Crippen LogP contribution in [-0.2, 0) is 23.7 Å². The summed E-state index contributed by atoms with van der Waals surface area (Å²) in [4.78, 5) is 13.3. The van der Waals surface area contributed by atoms with Gasteiger partial charge in [0.2, 0.25) is 5.91 Å². The number of hydrogen-bond donors (Lipinski definition) is 9. The highest BCUT2D eigenvalue weighted by atomic mass is 16.7. The lowest BCUT2D eigenvalue weighted by molar-refractivity contribution is -0.359. The van der Waals surface area contributed by atoms with Crippen molar-refractivity contribution in [2.24, 2.45) is 0 Å². The molecule has 14 heteroatoms. The average Bonchev–Trinajstić information content (AvgIpc) is 0.794. The lowest BCUT2D eigenvalue weighted by atomic mass is 9.97. The Kier molecular flexibility index (Phi) is 56.7. The maximum absolute atomic E-state index is 13.3. The summed E-state index contributed by atoms with van der Waals surface area (Å²) in [5.74, 6) is -0.273. The van der Waals surface area contributed by atoms with Crippen LogP contribution in [0.4, 0.5) is 0 Å². The lowest BCUT2D eigenvalue weighted by Crippen LogP contribution is -2.65. The second kappa shape index (κ2) is 62.2. The number of nitrogens with one attached hydrogen (secondary N) is 1. The molecule has 9 N–H and O–H groups in total. The predicted molar refractivity (Wildman–Crippen MR) is 387 cm³/mol. The molecule has 12 unspecified atom stereocenters. The second-order valence-corrected chi connectivity index (χ2v) is 25.0. The van der Waals surface area contributed by atoms with Crippen LogP contribution in [-0.4, -0.2) is 140 Å². The van der Waals surface area contributed by atoms with E-state index in [0.29, 0.717) is 12.8 Å². The fraction of sp³-hybridized carbons (Fsp3) is 0.662. The first-order chi connectivity index (χ1) is 46.1. The minimum absolute atomic E-state index is 0.241. The van der Waals surface area contributed by atoms with Crippen molar-refractivity contribution >= 4 is 5.91 Å². The molecule has 1 amide bonds. The first kappa shape index (κ1) is 85.7. The van der Waals surface area contributed by atoms with Gasteiger partial charge in [0.1, 0.15) is 48.8 Å². The Hall–Kier alpha value is -4.39. The van der Waals surface area contributed by atoms with Gasteiger partial charge in [-0.05, 0) is 116 Å². The van der Waals surface area contributed by atoms with Crippen LogP contribution in [0.3, 0.4) is 0 Å². The molecule has 14 nitrogen and oxygen atoms in total. The van der Waals surface area contributed by atoms with E-state index >= 15 is 0 Å². The quantitative estimate of drug-likeness (QED) is 0.0204. The number of unbranched alkanes of at least 4 members (excludes halogenated alkanes) is 21. The normalized spacial score (nSPS) is 23.4. The molecule has 2 heterocycles. The molecule has 12 atom stereocenters. The van der Waals surface area contributed by atoms with Crippen LogP contribution in [0.1, 0.15) is 245 Å². The monoisotopic (exact) mass is 1310 g/mol. The average molecular weight is 1310 g/mol. The van der Waals surface area contributed by atoms with Gasteiger partial charge in [0.05, 0.1) is 32.0 Å². The standard InChI is InChI=1S/C80H131NO13/c1-3-5-7-9-11-13-15-17-19-21-23-25-26-27-28-29-30-31-32-33-34-35-36-37-38-39-40-41-42-44-46-48-50-52-54-56-58-60-62-64-72(85)81-68(69(84)63-61-59-57-55-53-51-49-47-45-43-24-22-20-18-16-14-12-10-8-6-4-2)67-91-79-77(90)75(88)78(71(66-83)93-79)94-80-76(89)74(87)73(86)70(65-82)92-80/h5,7,11,13,17,19,23,25,27-28,30-31,33-34,36-37,39-40,42,44,48,50,53,55,61,63,68-71,73-80,82-84,86-90H,3-4,6,8-10,12,14-16,18,20-22,24,26,29,32,35,38,41,43,45-47,49,51-52,54,56-60,62,64-67H2,1-2H3,(H,81,85)/b7-5-,13-11-,19-17-,25-23-,28-27-,31-30-,34-33-,37-36-,40-39-,44-42-,50-48-,55-53+,63-61+. The van der Waals surface area contributed by atoms with Crippen LogP contribution in [0.15, 0.2) is 158 Å². The van der Waals surface area contributed by atoms with E-state index in [1.807, 2.05) is 6.08 Å². The van der Waals surface area contributed by atoms with E-state index in [-0.39, 0.29) is 18.9 Å². The first-order valence-corrected chi connectivity index (χ1v) is 36.7. The Balaban J connectivity index is 1.68. The van der Waals surface area contributed by atoms with Crippen LogP contribution < -0.4 is 5.32 Å². The molecule has 2 aliphatic heterocycles. The number of carbonyl (C=O) groups is 1. The topological polar surface area (TPSA) is 228 Å². The third-order valence-corrected chi connectivity index (χ3v) is 16.7. The summed E-state index contributed by atoms with van der Waals surface area (Å²) >= 11 is 0. The van der Waals surface area contributed by atoms with E-state index in [9.17, 15) is 45.6 Å². The molecule has 0 saturated carbocycles. The SMILES string of the molecule is CC/C=C\C/C=C\C/C=C\C/C=C\C/C=C\C/C=C\C/C=C\C/C=C\C/C=C\C/C=C\C/C=C\CCCCCCCC(=O)NC(COC1OC(CO)C(OC2OC(CO)C(O)C(O)C2O)C(O)C1O)C(O)/C=C/CC/C=C/CCCCCCCCCCCCCCCCC. The fourth-order valence-electron chi connectivity index (χ4n) is 10.9. The second-order valence-electron chi connectivity index (χ2n) is 25.0. The molecule has 0 aromatic heterocycles. The van der Waals surface area contributed by atoms with E-state index < -0.39 is 86.8 Å². The predicted octanol–water partition coefficient (Wildman–Crippen LogP) is 15.8. The summed E-state index contributed by atoms with van der Waals surface area (Å²) in [7, 11) is 0.